The third kappa shape index (κ3) is 1.54. The van der Waals surface area contributed by atoms with E-state index >= 15 is 0 Å². The van der Waals surface area contributed by atoms with Gasteiger partial charge in [0.25, 0.3) is 0 Å². The summed E-state index contributed by atoms with van der Waals surface area (Å²) in [6.07, 6.45) is 0. The van der Waals surface area contributed by atoms with Crippen molar-refractivity contribution in [2.45, 2.75) is 6.92 Å². The zero-order valence-electron chi connectivity index (χ0n) is 8.37. The molecule has 0 aromatic heterocycles. The highest BCUT2D eigenvalue weighted by atomic mass is 16.4. The minimum atomic E-state index is -0.966. The van der Waals surface area contributed by atoms with Crippen LogP contribution in [0.5, 0.6) is 0 Å². The summed E-state index contributed by atoms with van der Waals surface area (Å²) in [5.41, 5.74) is 9.14. The van der Waals surface area contributed by atoms with Crippen LogP contribution in [-0.4, -0.2) is 17.6 Å². The average molecular weight is 204 g/mol. The number of carbonyl (C=O) groups is 1. The Balaban J connectivity index is 2.59. The highest BCUT2D eigenvalue weighted by Crippen LogP contribution is 2.28. The molecule has 1 aromatic rings. The van der Waals surface area contributed by atoms with Crippen molar-refractivity contribution in [3.63, 3.8) is 0 Å². The number of aliphatic carboxylic acids is 1. The monoisotopic (exact) mass is 204 g/mol. The maximum Gasteiger partial charge on any atom is 0.335 e. The van der Waals surface area contributed by atoms with E-state index in [9.17, 15) is 4.79 Å². The SMILES string of the molecule is Cc1ccc2c(c1)C(N)=C(C(=O)O)CN2. The van der Waals surface area contributed by atoms with Crippen LogP contribution in [0.2, 0.25) is 0 Å². The molecule has 4 nitrogen and oxygen atoms in total. The van der Waals surface area contributed by atoms with Crippen LogP contribution in [0, 0.1) is 6.92 Å². The molecule has 0 radical (unpaired) electrons. The molecule has 1 heterocycles. The molecule has 2 rings (SSSR count). The van der Waals surface area contributed by atoms with Crippen molar-refractivity contribution < 1.29 is 9.90 Å². The third-order valence-electron chi connectivity index (χ3n) is 2.50. The predicted octanol–water partition coefficient (Wildman–Crippen LogP) is 1.17. The lowest BCUT2D eigenvalue weighted by Crippen LogP contribution is -2.22. The number of rotatable bonds is 1. The Bertz CT molecular complexity index is 464. The molecule has 0 bridgehead atoms. The standard InChI is InChI=1S/C11H12N2O2/c1-6-2-3-9-7(4-6)10(12)8(5-13-9)11(14)15/h2-4,13H,5,12H2,1H3,(H,14,15). The van der Waals surface area contributed by atoms with Crippen molar-refractivity contribution in [1.29, 1.82) is 0 Å². The van der Waals surface area contributed by atoms with Crippen molar-refractivity contribution in [3.05, 3.63) is 34.9 Å². The van der Waals surface area contributed by atoms with Gasteiger partial charge in [0, 0.05) is 17.8 Å². The zero-order chi connectivity index (χ0) is 11.0. The quantitative estimate of drug-likeness (QED) is 0.642. The number of benzene rings is 1. The van der Waals surface area contributed by atoms with E-state index in [4.69, 9.17) is 10.8 Å². The summed E-state index contributed by atoms with van der Waals surface area (Å²) in [7, 11) is 0. The van der Waals surface area contributed by atoms with Crippen LogP contribution in [0.25, 0.3) is 5.70 Å². The largest absolute Gasteiger partial charge is 0.478 e. The number of carboxylic acids is 1. The second kappa shape index (κ2) is 3.31. The summed E-state index contributed by atoms with van der Waals surface area (Å²) in [6.45, 7) is 2.22. The van der Waals surface area contributed by atoms with Gasteiger partial charge >= 0.3 is 5.97 Å². The van der Waals surface area contributed by atoms with Gasteiger partial charge in [0.15, 0.2) is 0 Å². The van der Waals surface area contributed by atoms with E-state index < -0.39 is 5.97 Å². The highest BCUT2D eigenvalue weighted by Gasteiger charge is 2.20. The van der Waals surface area contributed by atoms with Gasteiger partial charge in [0.2, 0.25) is 0 Å². The van der Waals surface area contributed by atoms with Crippen molar-refractivity contribution in [1.82, 2.24) is 0 Å². The molecule has 4 N–H and O–H groups in total. The van der Waals surface area contributed by atoms with Crippen LogP contribution in [-0.2, 0) is 4.79 Å². The number of hydrogen-bond donors (Lipinski definition) is 3. The number of aryl methyl sites for hydroxylation is 1. The van der Waals surface area contributed by atoms with Gasteiger partial charge in [-0.25, -0.2) is 4.79 Å². The van der Waals surface area contributed by atoms with Crippen LogP contribution in [0.4, 0.5) is 5.69 Å². The number of nitrogens with two attached hydrogens (primary N) is 1. The van der Waals surface area contributed by atoms with E-state index in [0.29, 0.717) is 5.70 Å². The molecular formula is C11H12N2O2. The molecule has 0 saturated carbocycles. The summed E-state index contributed by atoms with van der Waals surface area (Å²) < 4.78 is 0. The molecule has 0 saturated heterocycles. The van der Waals surface area contributed by atoms with Crippen molar-refractivity contribution in [3.8, 4) is 0 Å². The first-order valence-corrected chi connectivity index (χ1v) is 4.66. The molecule has 1 aliphatic heterocycles. The molecule has 0 unspecified atom stereocenters. The topological polar surface area (TPSA) is 75.4 Å². The van der Waals surface area contributed by atoms with Crippen molar-refractivity contribution >= 4 is 17.4 Å². The molecule has 0 atom stereocenters. The van der Waals surface area contributed by atoms with Crippen LogP contribution in [0.1, 0.15) is 11.1 Å². The summed E-state index contributed by atoms with van der Waals surface area (Å²) in [4.78, 5) is 10.9. The Hall–Kier alpha value is -1.97. The molecular weight excluding hydrogens is 192 g/mol. The van der Waals surface area contributed by atoms with Gasteiger partial charge in [0.1, 0.15) is 0 Å². The smallest absolute Gasteiger partial charge is 0.335 e. The van der Waals surface area contributed by atoms with Gasteiger partial charge in [-0.15, -0.1) is 0 Å². The van der Waals surface area contributed by atoms with Crippen LogP contribution in [0.3, 0.4) is 0 Å². The third-order valence-corrected chi connectivity index (χ3v) is 2.50. The van der Waals surface area contributed by atoms with E-state index in [1.165, 1.54) is 0 Å². The Morgan fingerprint density at radius 2 is 2.27 bits per heavy atom. The van der Waals surface area contributed by atoms with E-state index in [2.05, 4.69) is 5.32 Å². The summed E-state index contributed by atoms with van der Waals surface area (Å²) in [5.74, 6) is -0.966. The number of nitrogens with one attached hydrogen (secondary N) is 1. The molecule has 0 aliphatic carbocycles. The molecule has 1 aromatic carbocycles. The van der Waals surface area contributed by atoms with Crippen molar-refractivity contribution in [2.24, 2.45) is 5.73 Å². The minimum Gasteiger partial charge on any atom is -0.478 e. The second-order valence-corrected chi connectivity index (χ2v) is 3.60. The van der Waals surface area contributed by atoms with Gasteiger partial charge < -0.3 is 16.2 Å². The summed E-state index contributed by atoms with van der Waals surface area (Å²) in [5, 5.41) is 12.0. The molecule has 0 spiro atoms. The Morgan fingerprint density at radius 1 is 1.53 bits per heavy atom. The number of hydrogen-bond acceptors (Lipinski definition) is 3. The van der Waals surface area contributed by atoms with E-state index in [0.717, 1.165) is 16.8 Å². The minimum absolute atomic E-state index is 0.230. The first kappa shape index (κ1) is 9.58. The lowest BCUT2D eigenvalue weighted by atomic mass is 9.99. The number of anilines is 1. The molecule has 1 aliphatic rings. The molecule has 4 heteroatoms. The predicted molar refractivity (Wildman–Crippen MR) is 58.4 cm³/mol. The zero-order valence-corrected chi connectivity index (χ0v) is 8.37. The molecule has 78 valence electrons. The van der Waals surface area contributed by atoms with Gasteiger partial charge in [0.05, 0.1) is 11.3 Å². The average Bonchev–Trinajstić information content (AvgIpc) is 2.19. The lowest BCUT2D eigenvalue weighted by Gasteiger charge is -2.20. The maximum atomic E-state index is 10.9. The maximum absolute atomic E-state index is 10.9. The van der Waals surface area contributed by atoms with Crippen LogP contribution < -0.4 is 11.1 Å². The molecule has 0 fully saturated rings. The summed E-state index contributed by atoms with van der Waals surface area (Å²) in [6, 6.07) is 5.76. The van der Waals surface area contributed by atoms with Gasteiger partial charge in [-0.1, -0.05) is 11.6 Å². The van der Waals surface area contributed by atoms with Gasteiger partial charge in [-0.3, -0.25) is 0 Å². The fourth-order valence-electron chi connectivity index (χ4n) is 1.67. The van der Waals surface area contributed by atoms with Gasteiger partial charge in [-0.05, 0) is 19.1 Å². The van der Waals surface area contributed by atoms with E-state index in [1.807, 2.05) is 25.1 Å². The second-order valence-electron chi connectivity index (χ2n) is 3.60. The fourth-order valence-corrected chi connectivity index (χ4v) is 1.67. The molecule has 15 heavy (non-hydrogen) atoms. The number of carboxylic acid groups (broad SMARTS) is 1. The van der Waals surface area contributed by atoms with Crippen LogP contribution >= 0.6 is 0 Å². The first-order valence-electron chi connectivity index (χ1n) is 4.66. The van der Waals surface area contributed by atoms with Crippen molar-refractivity contribution in [2.75, 3.05) is 11.9 Å². The fraction of sp³-hybridized carbons (Fsp3) is 0.182. The summed E-state index contributed by atoms with van der Waals surface area (Å²) >= 11 is 0. The Labute approximate surface area is 87.4 Å². The van der Waals surface area contributed by atoms with Crippen LogP contribution in [0.15, 0.2) is 23.8 Å². The highest BCUT2D eigenvalue weighted by molar-refractivity contribution is 6.00. The first-order chi connectivity index (χ1) is 7.09. The van der Waals surface area contributed by atoms with Gasteiger partial charge in [-0.2, -0.15) is 0 Å². The Morgan fingerprint density at radius 3 is 2.93 bits per heavy atom. The lowest BCUT2D eigenvalue weighted by molar-refractivity contribution is -0.132. The number of fused-ring (bicyclic) bond motifs is 1. The normalized spacial score (nSPS) is 14.5. The van der Waals surface area contributed by atoms with E-state index in [1.54, 1.807) is 0 Å². The van der Waals surface area contributed by atoms with E-state index in [-0.39, 0.29) is 12.1 Å². The Kier molecular flexibility index (Phi) is 2.11. The molecule has 0 amide bonds.